The minimum Gasteiger partial charge on any atom is -0.377 e. The van der Waals surface area contributed by atoms with Gasteiger partial charge < -0.3 is 10.5 Å². The van der Waals surface area contributed by atoms with E-state index in [0.29, 0.717) is 0 Å². The Kier molecular flexibility index (Phi) is 5.22. The first kappa shape index (κ1) is 15.5. The highest BCUT2D eigenvalue weighted by Gasteiger charge is 2.36. The van der Waals surface area contributed by atoms with E-state index in [4.69, 9.17) is 10.5 Å². The molecule has 0 radical (unpaired) electrons. The summed E-state index contributed by atoms with van der Waals surface area (Å²) in [5.41, 5.74) is 10.4. The summed E-state index contributed by atoms with van der Waals surface area (Å²) < 4.78 is 5.93. The number of nitrogens with two attached hydrogens (primary N) is 1. The van der Waals surface area contributed by atoms with Crippen molar-refractivity contribution in [2.75, 3.05) is 7.11 Å². The predicted octanol–water partition coefficient (Wildman–Crippen LogP) is 3.91. The van der Waals surface area contributed by atoms with Crippen molar-refractivity contribution in [1.82, 2.24) is 0 Å². The molecule has 1 aromatic rings. The van der Waals surface area contributed by atoms with Crippen molar-refractivity contribution in [1.29, 1.82) is 0 Å². The van der Waals surface area contributed by atoms with Gasteiger partial charge in [0.05, 0.1) is 5.60 Å². The summed E-state index contributed by atoms with van der Waals surface area (Å²) in [7, 11) is 1.84. The number of methoxy groups -OCH3 is 1. The highest BCUT2D eigenvalue weighted by Crippen LogP contribution is 2.33. The molecule has 1 fully saturated rings. The van der Waals surface area contributed by atoms with Crippen LogP contribution in [0.4, 0.5) is 0 Å². The van der Waals surface area contributed by atoms with E-state index in [9.17, 15) is 0 Å². The van der Waals surface area contributed by atoms with E-state index in [1.165, 1.54) is 42.4 Å². The molecule has 112 valence electrons. The fraction of sp³-hybridized carbons (Fsp3) is 0.667. The Morgan fingerprint density at radius 1 is 1.05 bits per heavy atom. The zero-order valence-electron chi connectivity index (χ0n) is 13.2. The standard InChI is InChI=1S/C18H29NO/c1-14-10-15(2)12-16(11-14)13-17(19)18(20-3)8-6-4-5-7-9-18/h10-12,17H,4-9,13,19H2,1-3H3. The van der Waals surface area contributed by atoms with E-state index in [2.05, 4.69) is 32.0 Å². The molecule has 2 rings (SSSR count). The monoisotopic (exact) mass is 275 g/mol. The van der Waals surface area contributed by atoms with Crippen LogP contribution >= 0.6 is 0 Å². The fourth-order valence-corrected chi connectivity index (χ4v) is 3.68. The van der Waals surface area contributed by atoms with E-state index in [1.54, 1.807) is 0 Å². The van der Waals surface area contributed by atoms with Gasteiger partial charge in [0, 0.05) is 13.2 Å². The van der Waals surface area contributed by atoms with Crippen LogP contribution < -0.4 is 5.73 Å². The van der Waals surface area contributed by atoms with E-state index in [-0.39, 0.29) is 11.6 Å². The van der Waals surface area contributed by atoms with Crippen molar-refractivity contribution in [3.63, 3.8) is 0 Å². The molecule has 2 N–H and O–H groups in total. The predicted molar refractivity (Wildman–Crippen MR) is 85.0 cm³/mol. The van der Waals surface area contributed by atoms with Gasteiger partial charge in [-0.15, -0.1) is 0 Å². The average molecular weight is 275 g/mol. The molecule has 1 atom stereocenters. The van der Waals surface area contributed by atoms with Crippen molar-refractivity contribution in [3.8, 4) is 0 Å². The second kappa shape index (κ2) is 6.73. The molecule has 0 heterocycles. The second-order valence-electron chi connectivity index (χ2n) is 6.49. The molecule has 1 aromatic carbocycles. The zero-order valence-corrected chi connectivity index (χ0v) is 13.2. The molecule has 0 spiro atoms. The van der Waals surface area contributed by atoms with Gasteiger partial charge in [-0.3, -0.25) is 0 Å². The molecule has 2 nitrogen and oxygen atoms in total. The lowest BCUT2D eigenvalue weighted by Gasteiger charge is -2.37. The summed E-state index contributed by atoms with van der Waals surface area (Å²) in [6.07, 6.45) is 8.26. The van der Waals surface area contributed by atoms with Gasteiger partial charge in [-0.1, -0.05) is 55.0 Å². The largest absolute Gasteiger partial charge is 0.377 e. The van der Waals surface area contributed by atoms with Crippen molar-refractivity contribution in [3.05, 3.63) is 34.9 Å². The lowest BCUT2D eigenvalue weighted by Crippen LogP contribution is -2.50. The molecule has 1 saturated carbocycles. The van der Waals surface area contributed by atoms with E-state index >= 15 is 0 Å². The number of aryl methyl sites for hydroxylation is 2. The molecular weight excluding hydrogens is 246 g/mol. The minimum atomic E-state index is -0.117. The van der Waals surface area contributed by atoms with Gasteiger partial charge in [0.15, 0.2) is 0 Å². The Bertz CT molecular complexity index is 413. The summed E-state index contributed by atoms with van der Waals surface area (Å²) in [6, 6.07) is 6.82. The third-order valence-corrected chi connectivity index (χ3v) is 4.77. The Morgan fingerprint density at radius 3 is 2.10 bits per heavy atom. The van der Waals surface area contributed by atoms with Crippen LogP contribution in [-0.2, 0) is 11.2 Å². The van der Waals surface area contributed by atoms with Crippen LogP contribution in [0.15, 0.2) is 18.2 Å². The molecule has 1 aliphatic carbocycles. The summed E-state index contributed by atoms with van der Waals surface area (Å²) in [4.78, 5) is 0. The van der Waals surface area contributed by atoms with E-state index in [0.717, 1.165) is 19.3 Å². The van der Waals surface area contributed by atoms with Crippen LogP contribution in [0.25, 0.3) is 0 Å². The fourth-order valence-electron chi connectivity index (χ4n) is 3.68. The molecule has 20 heavy (non-hydrogen) atoms. The molecule has 0 bridgehead atoms. The van der Waals surface area contributed by atoms with Crippen molar-refractivity contribution in [2.45, 2.75) is 70.4 Å². The normalized spacial score (nSPS) is 20.4. The third-order valence-electron chi connectivity index (χ3n) is 4.77. The van der Waals surface area contributed by atoms with Crippen molar-refractivity contribution < 1.29 is 4.74 Å². The minimum absolute atomic E-state index is 0.0896. The third kappa shape index (κ3) is 3.62. The molecule has 2 heteroatoms. The van der Waals surface area contributed by atoms with Crippen LogP contribution in [-0.4, -0.2) is 18.8 Å². The van der Waals surface area contributed by atoms with Gasteiger partial charge in [0.25, 0.3) is 0 Å². The number of benzene rings is 1. The molecule has 1 unspecified atom stereocenters. The van der Waals surface area contributed by atoms with Crippen LogP contribution in [0.5, 0.6) is 0 Å². The maximum atomic E-state index is 6.57. The quantitative estimate of drug-likeness (QED) is 0.845. The first-order chi connectivity index (χ1) is 9.55. The first-order valence-electron chi connectivity index (χ1n) is 7.94. The highest BCUT2D eigenvalue weighted by atomic mass is 16.5. The number of ether oxygens (including phenoxy) is 1. The molecule has 0 aromatic heterocycles. The summed E-state index contributed by atoms with van der Waals surface area (Å²) in [5.74, 6) is 0. The highest BCUT2D eigenvalue weighted by molar-refractivity contribution is 5.29. The van der Waals surface area contributed by atoms with Gasteiger partial charge in [-0.05, 0) is 38.7 Å². The number of hydrogen-bond acceptors (Lipinski definition) is 2. The van der Waals surface area contributed by atoms with E-state index in [1.807, 2.05) is 7.11 Å². The molecule has 0 saturated heterocycles. The lowest BCUT2D eigenvalue weighted by atomic mass is 9.83. The average Bonchev–Trinajstić information content (AvgIpc) is 2.63. The van der Waals surface area contributed by atoms with Crippen LogP contribution in [0.2, 0.25) is 0 Å². The maximum Gasteiger partial charge on any atom is 0.0832 e. The smallest absolute Gasteiger partial charge is 0.0832 e. The lowest BCUT2D eigenvalue weighted by molar-refractivity contribution is -0.0430. The number of rotatable bonds is 4. The van der Waals surface area contributed by atoms with Crippen LogP contribution in [0.3, 0.4) is 0 Å². The Hall–Kier alpha value is -0.860. The molecule has 0 amide bonds. The van der Waals surface area contributed by atoms with Gasteiger partial charge in [-0.2, -0.15) is 0 Å². The van der Waals surface area contributed by atoms with Gasteiger partial charge in [0.1, 0.15) is 0 Å². The van der Waals surface area contributed by atoms with E-state index < -0.39 is 0 Å². The maximum absolute atomic E-state index is 6.57. The summed E-state index contributed by atoms with van der Waals surface area (Å²) in [6.45, 7) is 4.31. The van der Waals surface area contributed by atoms with Crippen LogP contribution in [0, 0.1) is 13.8 Å². The molecule has 0 aliphatic heterocycles. The molecule has 1 aliphatic rings. The second-order valence-corrected chi connectivity index (χ2v) is 6.49. The zero-order chi connectivity index (χ0) is 14.6. The molecular formula is C18H29NO. The number of hydrogen-bond donors (Lipinski definition) is 1. The first-order valence-corrected chi connectivity index (χ1v) is 7.94. The Balaban J connectivity index is 2.13. The SMILES string of the molecule is COC1(C(N)Cc2cc(C)cc(C)c2)CCCCCC1. The van der Waals surface area contributed by atoms with Crippen molar-refractivity contribution in [2.24, 2.45) is 5.73 Å². The Labute approximate surface area is 123 Å². The van der Waals surface area contributed by atoms with Crippen LogP contribution in [0.1, 0.15) is 55.2 Å². The summed E-state index contributed by atoms with van der Waals surface area (Å²) >= 11 is 0. The topological polar surface area (TPSA) is 35.2 Å². The summed E-state index contributed by atoms with van der Waals surface area (Å²) in [5, 5.41) is 0. The van der Waals surface area contributed by atoms with Gasteiger partial charge >= 0.3 is 0 Å². The van der Waals surface area contributed by atoms with Gasteiger partial charge in [0.2, 0.25) is 0 Å². The Morgan fingerprint density at radius 2 is 1.60 bits per heavy atom. The van der Waals surface area contributed by atoms with Gasteiger partial charge in [-0.25, -0.2) is 0 Å². The van der Waals surface area contributed by atoms with Crippen molar-refractivity contribution >= 4 is 0 Å².